The van der Waals surface area contributed by atoms with E-state index in [4.69, 9.17) is 22.9 Å². The fourth-order valence-electron chi connectivity index (χ4n) is 5.69. The van der Waals surface area contributed by atoms with E-state index in [9.17, 15) is 24.3 Å². The van der Waals surface area contributed by atoms with E-state index in [-0.39, 0.29) is 31.8 Å². The second kappa shape index (κ2) is 17.7. The number of carboxylic acid groups (broad SMARTS) is 1. The smallest absolute Gasteiger partial charge is 0.326 e. The van der Waals surface area contributed by atoms with Crippen molar-refractivity contribution in [3.05, 3.63) is 72.1 Å². The lowest BCUT2D eigenvalue weighted by atomic mass is 10.0. The number of nitrogens with one attached hydrogen (secondary N) is 5. The summed E-state index contributed by atoms with van der Waals surface area (Å²) in [6, 6.07) is 10.5. The minimum Gasteiger partial charge on any atom is -0.480 e. The summed E-state index contributed by atoms with van der Waals surface area (Å²) in [6.45, 7) is 0.673. The minimum absolute atomic E-state index is 0.00432. The number of para-hydroxylation sites is 2. The summed E-state index contributed by atoms with van der Waals surface area (Å²) < 4.78 is 0. The van der Waals surface area contributed by atoms with Crippen molar-refractivity contribution in [2.45, 2.75) is 69.1 Å². The van der Waals surface area contributed by atoms with Crippen LogP contribution in [0.25, 0.3) is 21.8 Å². The summed E-state index contributed by atoms with van der Waals surface area (Å²) in [7, 11) is 0. The standard InChI is InChI=1S/C34H46N10O5/c35-14-6-5-10-24(36)30(45)42-27(13-7-15-39-34(37)38)31(46)43-28(16-20-18-40-25-11-3-1-8-22(20)25)32(47)44-29(33(48)49)17-21-19-41-26-12-4-2-9-23(21)26/h1-4,8-9,11-12,18-19,24,27-29,40-41H,5-7,10,13-17,35-36H2,(H,42,45)(H,43,46)(H,44,47)(H,48,49)(H4,37,38,39). The normalized spacial score (nSPS) is 13.7. The van der Waals surface area contributed by atoms with E-state index in [0.717, 1.165) is 27.4 Å². The molecule has 0 fully saturated rings. The molecule has 14 N–H and O–H groups in total. The molecule has 2 aromatic carbocycles. The van der Waals surface area contributed by atoms with E-state index < -0.39 is 47.9 Å². The number of amides is 3. The number of H-pyrrole nitrogens is 2. The number of carbonyl (C=O) groups is 4. The number of unbranched alkanes of at least 4 members (excludes halogenated alkanes) is 1. The van der Waals surface area contributed by atoms with E-state index in [1.165, 1.54) is 0 Å². The Bertz CT molecular complexity index is 1760. The molecule has 4 unspecified atom stereocenters. The molecule has 3 amide bonds. The van der Waals surface area contributed by atoms with Crippen LogP contribution in [0.5, 0.6) is 0 Å². The van der Waals surface area contributed by atoms with Gasteiger partial charge in [-0.05, 0) is 55.5 Å². The van der Waals surface area contributed by atoms with Gasteiger partial charge in [-0.1, -0.05) is 42.8 Å². The number of guanidine groups is 1. The van der Waals surface area contributed by atoms with E-state index >= 15 is 0 Å². The highest BCUT2D eigenvalue weighted by Crippen LogP contribution is 2.21. The third kappa shape index (κ3) is 10.3. The highest BCUT2D eigenvalue weighted by molar-refractivity contribution is 5.95. The zero-order valence-electron chi connectivity index (χ0n) is 27.3. The number of aromatic nitrogens is 2. The highest BCUT2D eigenvalue weighted by atomic mass is 16.4. The number of nitrogens with zero attached hydrogens (tertiary/aromatic N) is 1. The van der Waals surface area contributed by atoms with E-state index in [0.29, 0.717) is 37.8 Å². The van der Waals surface area contributed by atoms with Crippen molar-refractivity contribution in [1.29, 1.82) is 0 Å². The van der Waals surface area contributed by atoms with E-state index in [1.54, 1.807) is 12.4 Å². The first-order valence-corrected chi connectivity index (χ1v) is 16.3. The lowest BCUT2D eigenvalue weighted by Gasteiger charge is -2.25. The molecule has 0 spiro atoms. The molecular weight excluding hydrogens is 628 g/mol. The second-order valence-electron chi connectivity index (χ2n) is 12.0. The molecule has 0 bridgehead atoms. The summed E-state index contributed by atoms with van der Waals surface area (Å²) in [5.74, 6) is -3.21. The number of fused-ring (bicyclic) bond motifs is 2. The van der Waals surface area contributed by atoms with Gasteiger partial charge in [0.25, 0.3) is 0 Å². The van der Waals surface area contributed by atoms with Crippen LogP contribution >= 0.6 is 0 Å². The SMILES string of the molecule is NCCCCC(N)C(=O)NC(CCCN=C(N)N)C(=O)NC(Cc1c[nH]c2ccccc12)C(=O)NC(Cc1c[nH]c2ccccc12)C(=O)O. The van der Waals surface area contributed by atoms with Crippen LogP contribution in [0.4, 0.5) is 0 Å². The maximum Gasteiger partial charge on any atom is 0.326 e. The molecule has 2 heterocycles. The number of rotatable bonds is 19. The number of aliphatic imine (C=N–C) groups is 1. The first-order chi connectivity index (χ1) is 23.6. The molecule has 2 aromatic heterocycles. The average Bonchev–Trinajstić information content (AvgIpc) is 3.69. The van der Waals surface area contributed by atoms with Crippen LogP contribution in [0.15, 0.2) is 65.9 Å². The Balaban J connectivity index is 1.57. The van der Waals surface area contributed by atoms with Gasteiger partial charge in [-0.3, -0.25) is 19.4 Å². The van der Waals surface area contributed by atoms with Crippen LogP contribution in [0.1, 0.15) is 43.2 Å². The van der Waals surface area contributed by atoms with Gasteiger partial charge in [0, 0.05) is 53.6 Å². The molecule has 262 valence electrons. The van der Waals surface area contributed by atoms with Gasteiger partial charge < -0.3 is 54.0 Å². The van der Waals surface area contributed by atoms with Crippen LogP contribution in [0, 0.1) is 0 Å². The lowest BCUT2D eigenvalue weighted by Crippen LogP contribution is -2.57. The maximum atomic E-state index is 13.9. The second-order valence-corrected chi connectivity index (χ2v) is 12.0. The number of carbonyl (C=O) groups excluding carboxylic acids is 3. The maximum absolute atomic E-state index is 13.9. The van der Waals surface area contributed by atoms with Gasteiger partial charge in [0.1, 0.15) is 18.1 Å². The number of carboxylic acids is 1. The Labute approximate surface area is 283 Å². The third-order valence-electron chi connectivity index (χ3n) is 8.33. The molecule has 0 saturated carbocycles. The predicted molar refractivity (Wildman–Crippen MR) is 188 cm³/mol. The summed E-state index contributed by atoms with van der Waals surface area (Å²) in [5.41, 5.74) is 25.7. The Kier molecular flexibility index (Phi) is 13.1. The van der Waals surface area contributed by atoms with E-state index in [1.807, 2.05) is 48.5 Å². The molecule has 4 atom stereocenters. The molecule has 49 heavy (non-hydrogen) atoms. The fourth-order valence-corrected chi connectivity index (χ4v) is 5.69. The van der Waals surface area contributed by atoms with Gasteiger partial charge >= 0.3 is 5.97 Å². The Morgan fingerprint density at radius 1 is 0.714 bits per heavy atom. The first kappa shape index (κ1) is 36.4. The molecule has 0 radical (unpaired) electrons. The number of hydrogen-bond donors (Lipinski definition) is 10. The summed E-state index contributed by atoms with van der Waals surface area (Å²) in [5, 5.41) is 19.9. The molecular formula is C34H46N10O5. The molecule has 4 rings (SSSR count). The largest absolute Gasteiger partial charge is 0.480 e. The summed E-state index contributed by atoms with van der Waals surface area (Å²) in [6.07, 6.45) is 5.70. The molecule has 0 saturated heterocycles. The van der Waals surface area contributed by atoms with Gasteiger partial charge in [-0.2, -0.15) is 0 Å². The van der Waals surface area contributed by atoms with Crippen molar-refractivity contribution in [2.24, 2.45) is 27.9 Å². The molecule has 0 aliphatic rings. The molecule has 4 aromatic rings. The van der Waals surface area contributed by atoms with Crippen molar-refractivity contribution in [1.82, 2.24) is 25.9 Å². The van der Waals surface area contributed by atoms with Crippen LogP contribution < -0.4 is 38.9 Å². The number of nitrogens with two attached hydrogens (primary N) is 4. The number of aliphatic carboxylic acids is 1. The summed E-state index contributed by atoms with van der Waals surface area (Å²) >= 11 is 0. The van der Waals surface area contributed by atoms with Crippen molar-refractivity contribution in [3.8, 4) is 0 Å². The van der Waals surface area contributed by atoms with Crippen molar-refractivity contribution in [3.63, 3.8) is 0 Å². The number of aromatic amines is 2. The number of benzene rings is 2. The Hall–Kier alpha value is -5.41. The Morgan fingerprint density at radius 3 is 1.82 bits per heavy atom. The van der Waals surface area contributed by atoms with Crippen LogP contribution in [-0.4, -0.2) is 82.0 Å². The zero-order valence-corrected chi connectivity index (χ0v) is 27.3. The third-order valence-corrected chi connectivity index (χ3v) is 8.33. The highest BCUT2D eigenvalue weighted by Gasteiger charge is 2.31. The molecule has 0 aliphatic heterocycles. The average molecular weight is 675 g/mol. The molecule has 0 aliphatic carbocycles. The van der Waals surface area contributed by atoms with Gasteiger partial charge in [-0.25, -0.2) is 4.79 Å². The van der Waals surface area contributed by atoms with Gasteiger partial charge in [-0.15, -0.1) is 0 Å². The molecule has 15 heteroatoms. The predicted octanol–water partition coefficient (Wildman–Crippen LogP) is 0.483. The van der Waals surface area contributed by atoms with Crippen molar-refractivity contribution in [2.75, 3.05) is 13.1 Å². The number of hydrogen-bond acceptors (Lipinski definition) is 7. The van der Waals surface area contributed by atoms with Gasteiger partial charge in [0.2, 0.25) is 17.7 Å². The zero-order chi connectivity index (χ0) is 35.3. The topological polar surface area (TPSA) is 273 Å². The molecule has 15 nitrogen and oxygen atoms in total. The monoisotopic (exact) mass is 674 g/mol. The first-order valence-electron chi connectivity index (χ1n) is 16.3. The van der Waals surface area contributed by atoms with Crippen LogP contribution in [0.2, 0.25) is 0 Å². The Morgan fingerprint density at radius 2 is 1.24 bits per heavy atom. The van der Waals surface area contributed by atoms with Crippen LogP contribution in [-0.2, 0) is 32.0 Å². The quantitative estimate of drug-likeness (QED) is 0.0376. The lowest BCUT2D eigenvalue weighted by molar-refractivity contribution is -0.142. The van der Waals surface area contributed by atoms with Gasteiger partial charge in [0.15, 0.2) is 5.96 Å². The van der Waals surface area contributed by atoms with E-state index in [2.05, 4.69) is 30.9 Å². The summed E-state index contributed by atoms with van der Waals surface area (Å²) in [4.78, 5) is 63.4. The van der Waals surface area contributed by atoms with Gasteiger partial charge in [0.05, 0.1) is 6.04 Å². The van der Waals surface area contributed by atoms with Crippen molar-refractivity contribution >= 4 is 51.5 Å². The van der Waals surface area contributed by atoms with Crippen LogP contribution in [0.3, 0.4) is 0 Å². The minimum atomic E-state index is -1.30. The fraction of sp³-hybridized carbons (Fsp3) is 0.382. The van der Waals surface area contributed by atoms with Crippen molar-refractivity contribution < 1.29 is 24.3 Å².